The molecule has 0 bridgehead atoms. The van der Waals surface area contributed by atoms with Crippen LogP contribution in [0.15, 0.2) is 33.6 Å². The highest BCUT2D eigenvalue weighted by atomic mass is 79.9. The van der Waals surface area contributed by atoms with Gasteiger partial charge >= 0.3 is 0 Å². The van der Waals surface area contributed by atoms with Gasteiger partial charge in [0.15, 0.2) is 9.84 Å². The van der Waals surface area contributed by atoms with Crippen molar-refractivity contribution in [3.05, 3.63) is 28.7 Å². The fraction of sp³-hybridized carbons (Fsp3) is 0.588. The number of rotatable bonds is 5. The second-order valence-electron chi connectivity index (χ2n) is 6.53. The van der Waals surface area contributed by atoms with Gasteiger partial charge in [0.2, 0.25) is 5.91 Å². The van der Waals surface area contributed by atoms with Crippen LogP contribution in [0.25, 0.3) is 0 Å². The summed E-state index contributed by atoms with van der Waals surface area (Å²) >= 11 is 5.11. The highest BCUT2D eigenvalue weighted by Gasteiger charge is 2.34. The largest absolute Gasteiger partial charge is 0.340 e. The molecule has 138 valence electrons. The number of benzene rings is 1. The summed E-state index contributed by atoms with van der Waals surface area (Å²) in [6, 6.07) is 8.26. The van der Waals surface area contributed by atoms with E-state index in [1.54, 1.807) is 11.8 Å². The van der Waals surface area contributed by atoms with Gasteiger partial charge in [-0.3, -0.25) is 9.69 Å². The van der Waals surface area contributed by atoms with Crippen LogP contribution < -0.4 is 0 Å². The Morgan fingerprint density at radius 2 is 1.84 bits per heavy atom. The number of hydrogen-bond donors (Lipinski definition) is 0. The van der Waals surface area contributed by atoms with Gasteiger partial charge in [-0.05, 0) is 30.7 Å². The number of nitrogens with zero attached hydrogens (tertiary/aromatic N) is 2. The van der Waals surface area contributed by atoms with Crippen molar-refractivity contribution in [2.45, 2.75) is 23.8 Å². The molecule has 0 spiro atoms. The van der Waals surface area contributed by atoms with Crippen molar-refractivity contribution < 1.29 is 13.2 Å². The Balaban J connectivity index is 1.39. The molecule has 0 unspecified atom stereocenters. The molecule has 0 radical (unpaired) electrons. The van der Waals surface area contributed by atoms with Gasteiger partial charge < -0.3 is 4.90 Å². The first-order valence-electron chi connectivity index (χ1n) is 8.53. The van der Waals surface area contributed by atoms with E-state index in [2.05, 4.69) is 20.8 Å². The van der Waals surface area contributed by atoms with E-state index in [4.69, 9.17) is 0 Å². The number of carbonyl (C=O) groups excluding carboxylic acids is 1. The Morgan fingerprint density at radius 3 is 2.44 bits per heavy atom. The molecule has 0 saturated carbocycles. The minimum atomic E-state index is -2.84. The van der Waals surface area contributed by atoms with E-state index in [-0.39, 0.29) is 17.7 Å². The maximum atomic E-state index is 12.4. The van der Waals surface area contributed by atoms with Gasteiger partial charge in [0.25, 0.3) is 0 Å². The molecule has 0 aromatic heterocycles. The van der Waals surface area contributed by atoms with E-state index in [1.165, 1.54) is 4.90 Å². The predicted octanol–water partition coefficient (Wildman–Crippen LogP) is 2.26. The number of sulfone groups is 1. The van der Waals surface area contributed by atoms with Gasteiger partial charge in [-0.15, -0.1) is 11.8 Å². The van der Waals surface area contributed by atoms with Crippen LogP contribution in [0.5, 0.6) is 0 Å². The molecule has 0 aliphatic carbocycles. The number of carbonyl (C=O) groups is 1. The zero-order valence-electron chi connectivity index (χ0n) is 14.1. The zero-order chi connectivity index (χ0) is 17.9. The molecule has 0 N–H and O–H groups in total. The third kappa shape index (κ3) is 5.45. The molecule has 1 aromatic carbocycles. The third-order valence-electron chi connectivity index (χ3n) is 4.79. The van der Waals surface area contributed by atoms with Gasteiger partial charge in [-0.25, -0.2) is 8.42 Å². The van der Waals surface area contributed by atoms with Crippen LogP contribution in [0.3, 0.4) is 0 Å². The molecule has 1 aromatic rings. The summed E-state index contributed by atoms with van der Waals surface area (Å²) in [6.45, 7) is 2.98. The molecule has 8 heteroatoms. The Kier molecular flexibility index (Phi) is 6.46. The summed E-state index contributed by atoms with van der Waals surface area (Å²) in [6.07, 6.45) is 1.28. The van der Waals surface area contributed by atoms with Crippen molar-refractivity contribution in [3.8, 4) is 0 Å². The first-order chi connectivity index (χ1) is 11.9. The lowest BCUT2D eigenvalue weighted by atomic mass is 10.2. The number of halogens is 1. The second kappa shape index (κ2) is 8.41. The Hall–Kier alpha value is -0.570. The van der Waals surface area contributed by atoms with Crippen LogP contribution in [0.4, 0.5) is 0 Å². The summed E-state index contributed by atoms with van der Waals surface area (Å²) in [7, 11) is -2.84. The highest BCUT2D eigenvalue weighted by molar-refractivity contribution is 9.10. The van der Waals surface area contributed by atoms with E-state index in [0.717, 1.165) is 29.7 Å². The van der Waals surface area contributed by atoms with Crippen LogP contribution in [0.2, 0.25) is 0 Å². The monoisotopic (exact) mass is 446 g/mol. The maximum Gasteiger partial charge on any atom is 0.223 e. The number of thioether (sulfide) groups is 1. The summed E-state index contributed by atoms with van der Waals surface area (Å²) in [5.74, 6) is 1.57. The third-order valence-corrected chi connectivity index (χ3v) is 8.08. The standard InChI is InChI=1S/C17H23BrN2O3S2/c18-14-1-3-16(4-2-14)24-11-5-17(21)20-9-7-19(8-10-20)15-6-12-25(22,23)13-15/h1-4,15H,5-13H2/t15-/m1/s1. The van der Waals surface area contributed by atoms with E-state index in [0.29, 0.717) is 25.3 Å². The first-order valence-corrected chi connectivity index (χ1v) is 12.1. The molecule has 5 nitrogen and oxygen atoms in total. The van der Waals surface area contributed by atoms with E-state index in [1.807, 2.05) is 29.2 Å². The van der Waals surface area contributed by atoms with Crippen molar-refractivity contribution in [2.24, 2.45) is 0 Å². The van der Waals surface area contributed by atoms with E-state index in [9.17, 15) is 13.2 Å². The van der Waals surface area contributed by atoms with Crippen LogP contribution in [-0.4, -0.2) is 73.6 Å². The quantitative estimate of drug-likeness (QED) is 0.649. The molecular weight excluding hydrogens is 424 g/mol. The van der Waals surface area contributed by atoms with Crippen molar-refractivity contribution in [2.75, 3.05) is 43.4 Å². The van der Waals surface area contributed by atoms with Gasteiger partial charge in [0.05, 0.1) is 11.5 Å². The van der Waals surface area contributed by atoms with Crippen LogP contribution >= 0.6 is 27.7 Å². The zero-order valence-corrected chi connectivity index (χ0v) is 17.3. The normalized spacial score (nSPS) is 23.7. The van der Waals surface area contributed by atoms with Gasteiger partial charge in [-0.2, -0.15) is 0 Å². The number of amides is 1. The predicted molar refractivity (Wildman–Crippen MR) is 105 cm³/mol. The fourth-order valence-corrected chi connectivity index (χ4v) is 6.21. The minimum absolute atomic E-state index is 0.148. The Labute approximate surface area is 162 Å². The molecule has 1 atom stereocenters. The summed E-state index contributed by atoms with van der Waals surface area (Å²) < 4.78 is 24.3. The molecule has 3 rings (SSSR count). The smallest absolute Gasteiger partial charge is 0.223 e. The van der Waals surface area contributed by atoms with E-state index < -0.39 is 9.84 Å². The van der Waals surface area contributed by atoms with Crippen LogP contribution in [0, 0.1) is 0 Å². The molecule has 2 aliphatic rings. The van der Waals surface area contributed by atoms with Gasteiger partial charge in [-0.1, -0.05) is 15.9 Å². The molecule has 2 fully saturated rings. The molecule has 25 heavy (non-hydrogen) atoms. The van der Waals surface area contributed by atoms with Gasteiger partial charge in [0, 0.05) is 53.8 Å². The van der Waals surface area contributed by atoms with Crippen molar-refractivity contribution >= 4 is 43.4 Å². The molecular formula is C17H23BrN2O3S2. The lowest BCUT2D eigenvalue weighted by Crippen LogP contribution is -2.52. The Morgan fingerprint density at radius 1 is 1.16 bits per heavy atom. The van der Waals surface area contributed by atoms with Crippen LogP contribution in [-0.2, 0) is 14.6 Å². The SMILES string of the molecule is O=C(CCSc1ccc(Br)cc1)N1CCN([C@@H]2CCS(=O)(=O)C2)CC1. The van der Waals surface area contributed by atoms with Crippen LogP contribution in [0.1, 0.15) is 12.8 Å². The highest BCUT2D eigenvalue weighted by Crippen LogP contribution is 2.22. The van der Waals surface area contributed by atoms with Crippen molar-refractivity contribution in [3.63, 3.8) is 0 Å². The molecule has 2 aliphatic heterocycles. The van der Waals surface area contributed by atoms with Gasteiger partial charge in [0.1, 0.15) is 0 Å². The topological polar surface area (TPSA) is 57.7 Å². The number of hydrogen-bond acceptors (Lipinski definition) is 5. The van der Waals surface area contributed by atoms with Crippen molar-refractivity contribution in [1.82, 2.24) is 9.80 Å². The summed E-state index contributed by atoms with van der Waals surface area (Å²) in [4.78, 5) is 17.7. The lowest BCUT2D eigenvalue weighted by molar-refractivity contribution is -0.132. The summed E-state index contributed by atoms with van der Waals surface area (Å²) in [5.41, 5.74) is 0. The average Bonchev–Trinajstić information content (AvgIpc) is 2.97. The number of piperazine rings is 1. The molecule has 2 saturated heterocycles. The maximum absolute atomic E-state index is 12.4. The second-order valence-corrected chi connectivity index (χ2v) is 10.8. The fourth-order valence-electron chi connectivity index (χ4n) is 3.34. The summed E-state index contributed by atoms with van der Waals surface area (Å²) in [5, 5.41) is 0. The van der Waals surface area contributed by atoms with E-state index >= 15 is 0 Å². The lowest BCUT2D eigenvalue weighted by Gasteiger charge is -2.37. The molecule has 1 amide bonds. The average molecular weight is 447 g/mol. The molecule has 2 heterocycles. The van der Waals surface area contributed by atoms with Crippen molar-refractivity contribution in [1.29, 1.82) is 0 Å². The Bertz CT molecular complexity index is 701. The minimum Gasteiger partial charge on any atom is -0.340 e. The first kappa shape index (κ1) is 19.2.